The summed E-state index contributed by atoms with van der Waals surface area (Å²) in [5.41, 5.74) is 2.35. The molecular weight excluding hydrogens is 414 g/mol. The Morgan fingerprint density at radius 3 is 2.65 bits per heavy atom. The predicted octanol–water partition coefficient (Wildman–Crippen LogP) is 3.92. The molecule has 0 aliphatic rings. The topological polar surface area (TPSA) is 89.6 Å². The number of hydrogen-bond acceptors (Lipinski definition) is 6. The second-order valence-corrected chi connectivity index (χ2v) is 7.34. The van der Waals surface area contributed by atoms with Crippen LogP contribution >= 0.6 is 11.3 Å². The number of carbonyl (C=O) groups is 2. The fraction of sp³-hybridized carbons (Fsp3) is 0.174. The van der Waals surface area contributed by atoms with Crippen LogP contribution in [-0.2, 0) is 11.2 Å². The highest BCUT2D eigenvalue weighted by Gasteiger charge is 2.15. The van der Waals surface area contributed by atoms with Crippen LogP contribution in [0.4, 0.5) is 5.69 Å². The van der Waals surface area contributed by atoms with E-state index in [-0.39, 0.29) is 18.2 Å². The molecule has 2 N–H and O–H groups in total. The maximum absolute atomic E-state index is 12.6. The Bertz CT molecular complexity index is 1090. The first-order valence-corrected chi connectivity index (χ1v) is 10.4. The largest absolute Gasteiger partial charge is 0.493 e. The van der Waals surface area contributed by atoms with Gasteiger partial charge in [0.25, 0.3) is 5.91 Å². The molecule has 0 aliphatic heterocycles. The van der Waals surface area contributed by atoms with Gasteiger partial charge in [-0.2, -0.15) is 0 Å². The van der Waals surface area contributed by atoms with Crippen molar-refractivity contribution in [1.82, 2.24) is 10.3 Å². The molecular formula is C23H23N3O4S. The van der Waals surface area contributed by atoms with E-state index >= 15 is 0 Å². The Morgan fingerprint density at radius 2 is 1.90 bits per heavy atom. The standard InChI is InChI=1S/C23H23N3O4S/c1-4-11-24-22(28)17-7-5-6-8-18(17)26-21(27)13-16-14-31-23(25-16)15-9-10-19(29-2)20(12-15)30-3/h4-10,12,14H,1,11,13H2,2-3H3,(H,24,28)(H,26,27). The van der Waals surface area contributed by atoms with Gasteiger partial charge in [0, 0.05) is 17.5 Å². The van der Waals surface area contributed by atoms with Crippen LogP contribution in [-0.4, -0.2) is 37.6 Å². The predicted molar refractivity (Wildman–Crippen MR) is 122 cm³/mol. The van der Waals surface area contributed by atoms with Gasteiger partial charge in [-0.1, -0.05) is 18.2 Å². The van der Waals surface area contributed by atoms with Gasteiger partial charge in [-0.3, -0.25) is 9.59 Å². The van der Waals surface area contributed by atoms with Crippen molar-refractivity contribution >= 4 is 28.8 Å². The molecule has 2 amide bonds. The first kappa shape index (κ1) is 22.0. The van der Waals surface area contributed by atoms with Gasteiger partial charge in [-0.05, 0) is 30.3 Å². The van der Waals surface area contributed by atoms with Gasteiger partial charge in [-0.25, -0.2) is 4.98 Å². The lowest BCUT2D eigenvalue weighted by molar-refractivity contribution is -0.115. The van der Waals surface area contributed by atoms with Crippen LogP contribution in [0.25, 0.3) is 10.6 Å². The molecule has 160 valence electrons. The Hall–Kier alpha value is -3.65. The van der Waals surface area contributed by atoms with Gasteiger partial charge in [0.1, 0.15) is 5.01 Å². The Kier molecular flexibility index (Phi) is 7.40. The number of hydrogen-bond donors (Lipinski definition) is 2. The maximum Gasteiger partial charge on any atom is 0.253 e. The third-order valence-corrected chi connectivity index (χ3v) is 5.32. The third-order valence-electron chi connectivity index (χ3n) is 4.38. The minimum absolute atomic E-state index is 0.0897. The quantitative estimate of drug-likeness (QED) is 0.495. The number of benzene rings is 2. The van der Waals surface area contributed by atoms with Gasteiger partial charge in [0.2, 0.25) is 5.91 Å². The van der Waals surface area contributed by atoms with E-state index in [2.05, 4.69) is 22.2 Å². The molecule has 0 unspecified atom stereocenters. The summed E-state index contributed by atoms with van der Waals surface area (Å²) in [7, 11) is 3.16. The lowest BCUT2D eigenvalue weighted by atomic mass is 10.1. The van der Waals surface area contributed by atoms with Crippen molar-refractivity contribution in [2.45, 2.75) is 6.42 Å². The lowest BCUT2D eigenvalue weighted by Gasteiger charge is -2.10. The van der Waals surface area contributed by atoms with Crippen molar-refractivity contribution in [3.63, 3.8) is 0 Å². The molecule has 0 spiro atoms. The van der Waals surface area contributed by atoms with Crippen LogP contribution < -0.4 is 20.1 Å². The van der Waals surface area contributed by atoms with Crippen LogP contribution in [0.1, 0.15) is 16.1 Å². The van der Waals surface area contributed by atoms with E-state index in [0.29, 0.717) is 35.0 Å². The summed E-state index contributed by atoms with van der Waals surface area (Å²) in [5, 5.41) is 8.13. The van der Waals surface area contributed by atoms with E-state index < -0.39 is 0 Å². The van der Waals surface area contributed by atoms with Gasteiger partial charge < -0.3 is 20.1 Å². The number of nitrogens with zero attached hydrogens (tertiary/aromatic N) is 1. The average molecular weight is 438 g/mol. The van der Waals surface area contributed by atoms with Crippen molar-refractivity contribution in [3.8, 4) is 22.1 Å². The molecule has 0 atom stereocenters. The van der Waals surface area contributed by atoms with Crippen LogP contribution in [0, 0.1) is 0 Å². The van der Waals surface area contributed by atoms with Crippen LogP contribution in [0.3, 0.4) is 0 Å². The first-order chi connectivity index (χ1) is 15.0. The number of aromatic nitrogens is 1. The monoisotopic (exact) mass is 437 g/mol. The van der Waals surface area contributed by atoms with E-state index in [1.165, 1.54) is 11.3 Å². The Balaban J connectivity index is 1.70. The molecule has 31 heavy (non-hydrogen) atoms. The van der Waals surface area contributed by atoms with E-state index in [9.17, 15) is 9.59 Å². The summed E-state index contributed by atoms with van der Waals surface area (Å²) in [6.07, 6.45) is 1.68. The zero-order valence-electron chi connectivity index (χ0n) is 17.3. The highest BCUT2D eigenvalue weighted by atomic mass is 32.1. The normalized spacial score (nSPS) is 10.3. The highest BCUT2D eigenvalue weighted by Crippen LogP contribution is 2.33. The molecule has 1 aromatic heterocycles. The molecule has 0 radical (unpaired) electrons. The summed E-state index contributed by atoms with van der Waals surface area (Å²) in [6.45, 7) is 3.93. The highest BCUT2D eigenvalue weighted by molar-refractivity contribution is 7.13. The number of para-hydroxylation sites is 1. The fourth-order valence-corrected chi connectivity index (χ4v) is 3.72. The summed E-state index contributed by atoms with van der Waals surface area (Å²) in [5.74, 6) is 0.715. The molecule has 1 heterocycles. The summed E-state index contributed by atoms with van der Waals surface area (Å²) >= 11 is 1.44. The Morgan fingerprint density at radius 1 is 1.13 bits per heavy atom. The van der Waals surface area contributed by atoms with Crippen LogP contribution in [0.15, 0.2) is 60.5 Å². The zero-order valence-corrected chi connectivity index (χ0v) is 18.1. The molecule has 2 aromatic carbocycles. The van der Waals surface area contributed by atoms with E-state index in [0.717, 1.165) is 10.6 Å². The van der Waals surface area contributed by atoms with Gasteiger partial charge in [0.05, 0.1) is 37.6 Å². The molecule has 3 rings (SSSR count). The molecule has 8 heteroatoms. The van der Waals surface area contributed by atoms with Crippen LogP contribution in [0.2, 0.25) is 0 Å². The maximum atomic E-state index is 12.6. The van der Waals surface area contributed by atoms with Crippen molar-refractivity contribution in [1.29, 1.82) is 0 Å². The number of methoxy groups -OCH3 is 2. The number of ether oxygens (including phenoxy) is 2. The van der Waals surface area contributed by atoms with Crippen molar-refractivity contribution < 1.29 is 19.1 Å². The fourth-order valence-electron chi connectivity index (χ4n) is 2.90. The number of amides is 2. The molecule has 0 bridgehead atoms. The number of carbonyl (C=O) groups excluding carboxylic acids is 2. The molecule has 7 nitrogen and oxygen atoms in total. The van der Waals surface area contributed by atoms with E-state index in [1.54, 1.807) is 44.6 Å². The number of rotatable bonds is 9. The molecule has 0 fully saturated rings. The summed E-state index contributed by atoms with van der Waals surface area (Å²) < 4.78 is 10.6. The molecule has 0 saturated carbocycles. The SMILES string of the molecule is C=CCNC(=O)c1ccccc1NC(=O)Cc1csc(-c2ccc(OC)c(OC)c2)n1. The smallest absolute Gasteiger partial charge is 0.253 e. The van der Waals surface area contributed by atoms with E-state index in [4.69, 9.17) is 9.47 Å². The number of thiazole rings is 1. The number of nitrogens with one attached hydrogen (secondary N) is 2. The molecule has 0 aliphatic carbocycles. The third kappa shape index (κ3) is 5.49. The average Bonchev–Trinajstić information content (AvgIpc) is 3.25. The van der Waals surface area contributed by atoms with Crippen molar-refractivity contribution in [2.75, 3.05) is 26.1 Å². The first-order valence-electron chi connectivity index (χ1n) is 9.50. The van der Waals surface area contributed by atoms with Crippen molar-refractivity contribution in [3.05, 3.63) is 71.8 Å². The molecule has 0 saturated heterocycles. The molecule has 3 aromatic rings. The second-order valence-electron chi connectivity index (χ2n) is 6.48. The van der Waals surface area contributed by atoms with Crippen molar-refractivity contribution in [2.24, 2.45) is 0 Å². The minimum Gasteiger partial charge on any atom is -0.493 e. The lowest BCUT2D eigenvalue weighted by Crippen LogP contribution is -2.25. The summed E-state index contributed by atoms with van der Waals surface area (Å²) in [6, 6.07) is 12.4. The minimum atomic E-state index is -0.278. The second kappa shape index (κ2) is 10.4. The number of anilines is 1. The van der Waals surface area contributed by atoms with Crippen LogP contribution in [0.5, 0.6) is 11.5 Å². The Labute approximate surface area is 184 Å². The van der Waals surface area contributed by atoms with Gasteiger partial charge in [-0.15, -0.1) is 17.9 Å². The summed E-state index contributed by atoms with van der Waals surface area (Å²) in [4.78, 5) is 29.4. The zero-order chi connectivity index (χ0) is 22.2. The van der Waals surface area contributed by atoms with E-state index in [1.807, 2.05) is 23.6 Å². The van der Waals surface area contributed by atoms with Gasteiger partial charge in [0.15, 0.2) is 11.5 Å². The van der Waals surface area contributed by atoms with Gasteiger partial charge >= 0.3 is 0 Å².